The van der Waals surface area contributed by atoms with Gasteiger partial charge < -0.3 is 0 Å². The third kappa shape index (κ3) is 3.61. The van der Waals surface area contributed by atoms with Gasteiger partial charge in [0, 0.05) is 19.0 Å². The van der Waals surface area contributed by atoms with Crippen molar-refractivity contribution in [3.8, 4) is 0 Å². The van der Waals surface area contributed by atoms with Crippen LogP contribution < -0.4 is 0 Å². The molecule has 1 saturated carbocycles. The maximum absolute atomic E-state index is 12.8. The molecule has 2 rings (SSSR count). The summed E-state index contributed by atoms with van der Waals surface area (Å²) in [7, 11) is -1.73. The van der Waals surface area contributed by atoms with E-state index in [0.717, 1.165) is 36.8 Å². The maximum Gasteiger partial charge on any atom is 0.243 e. The predicted molar refractivity (Wildman–Crippen MR) is 87.1 cm³/mol. The molecule has 0 spiro atoms. The second-order valence-corrected chi connectivity index (χ2v) is 8.42. The Hall–Kier alpha value is -0.580. The van der Waals surface area contributed by atoms with Crippen LogP contribution in [0.25, 0.3) is 0 Å². The lowest BCUT2D eigenvalue weighted by Crippen LogP contribution is -2.39. The van der Waals surface area contributed by atoms with Gasteiger partial charge >= 0.3 is 0 Å². The van der Waals surface area contributed by atoms with Crippen molar-refractivity contribution in [1.29, 1.82) is 0 Å². The second-order valence-electron chi connectivity index (χ2n) is 6.16. The molecule has 0 saturated heterocycles. The highest BCUT2D eigenvalue weighted by atomic mass is 35.5. The Morgan fingerprint density at radius 1 is 1.24 bits per heavy atom. The predicted octanol–water partition coefficient (Wildman–Crippen LogP) is 3.93. The van der Waals surface area contributed by atoms with Gasteiger partial charge in [-0.3, -0.25) is 0 Å². The summed E-state index contributed by atoms with van der Waals surface area (Å²) in [6.45, 7) is 4.18. The number of nitrogens with zero attached hydrogens (tertiary/aromatic N) is 1. The van der Waals surface area contributed by atoms with Crippen molar-refractivity contribution < 1.29 is 8.42 Å². The highest BCUT2D eigenvalue weighted by molar-refractivity contribution is 7.89. The fourth-order valence-electron chi connectivity index (χ4n) is 2.92. The molecule has 1 aromatic rings. The monoisotopic (exact) mass is 329 g/mol. The Balaban J connectivity index is 2.24. The lowest BCUT2D eigenvalue weighted by atomic mass is 9.87. The molecular weight excluding hydrogens is 306 g/mol. The van der Waals surface area contributed by atoms with Crippen LogP contribution in [-0.2, 0) is 15.9 Å². The van der Waals surface area contributed by atoms with E-state index in [2.05, 4.69) is 6.92 Å². The van der Waals surface area contributed by atoms with Gasteiger partial charge in [-0.15, -0.1) is 11.6 Å². The highest BCUT2D eigenvalue weighted by Gasteiger charge is 2.30. The SMILES string of the molecule is Cc1ccc(S(=O)(=O)N(C)C2CCC(C)CC2)cc1CCl. The van der Waals surface area contributed by atoms with E-state index in [1.807, 2.05) is 13.0 Å². The minimum absolute atomic E-state index is 0.118. The standard InChI is InChI=1S/C16H24ClNO2S/c1-12-4-7-15(8-5-12)18(3)21(19,20)16-9-6-13(2)14(10-16)11-17/h6,9-10,12,15H,4-5,7-8,11H2,1-3H3. The summed E-state index contributed by atoms with van der Waals surface area (Å²) >= 11 is 5.89. The lowest BCUT2D eigenvalue weighted by Gasteiger charge is -2.33. The molecule has 5 heteroatoms. The van der Waals surface area contributed by atoms with Gasteiger partial charge in [0.2, 0.25) is 10.0 Å². The highest BCUT2D eigenvalue weighted by Crippen LogP contribution is 2.30. The first-order valence-corrected chi connectivity index (χ1v) is 9.47. The van der Waals surface area contributed by atoms with Crippen LogP contribution in [0.4, 0.5) is 0 Å². The molecule has 0 bridgehead atoms. The first kappa shape index (κ1) is 16.8. The quantitative estimate of drug-likeness (QED) is 0.785. The zero-order valence-electron chi connectivity index (χ0n) is 13.0. The first-order chi connectivity index (χ1) is 9.86. The molecule has 1 fully saturated rings. The first-order valence-electron chi connectivity index (χ1n) is 7.49. The van der Waals surface area contributed by atoms with Gasteiger partial charge in [0.05, 0.1) is 4.90 Å². The van der Waals surface area contributed by atoms with Gasteiger partial charge in [0.25, 0.3) is 0 Å². The molecule has 21 heavy (non-hydrogen) atoms. The van der Waals surface area contributed by atoms with Gasteiger partial charge in [0.1, 0.15) is 0 Å². The Morgan fingerprint density at radius 3 is 2.43 bits per heavy atom. The summed E-state index contributed by atoms with van der Waals surface area (Å²) in [4.78, 5) is 0.352. The molecule has 3 nitrogen and oxygen atoms in total. The van der Waals surface area contributed by atoms with E-state index in [0.29, 0.717) is 16.7 Å². The van der Waals surface area contributed by atoms with Gasteiger partial charge in [-0.05, 0) is 61.8 Å². The van der Waals surface area contributed by atoms with E-state index in [-0.39, 0.29) is 6.04 Å². The van der Waals surface area contributed by atoms with Gasteiger partial charge in [-0.25, -0.2) is 8.42 Å². The number of aryl methyl sites for hydroxylation is 1. The molecule has 0 radical (unpaired) electrons. The third-order valence-corrected chi connectivity index (χ3v) is 6.84. The zero-order valence-corrected chi connectivity index (χ0v) is 14.5. The van der Waals surface area contributed by atoms with Crippen LogP contribution in [0.15, 0.2) is 23.1 Å². The molecule has 0 aromatic heterocycles. The number of benzene rings is 1. The van der Waals surface area contributed by atoms with Gasteiger partial charge in [-0.1, -0.05) is 13.0 Å². The van der Waals surface area contributed by atoms with Crippen molar-refractivity contribution in [2.75, 3.05) is 7.05 Å². The van der Waals surface area contributed by atoms with E-state index >= 15 is 0 Å². The fourth-order valence-corrected chi connectivity index (χ4v) is 4.68. The van der Waals surface area contributed by atoms with Crippen molar-refractivity contribution in [2.24, 2.45) is 5.92 Å². The fraction of sp³-hybridized carbons (Fsp3) is 0.625. The Kier molecular flexibility index (Phi) is 5.33. The number of sulfonamides is 1. The van der Waals surface area contributed by atoms with Gasteiger partial charge in [-0.2, -0.15) is 4.31 Å². The third-order valence-electron chi connectivity index (χ3n) is 4.64. The Morgan fingerprint density at radius 2 is 1.86 bits per heavy atom. The molecule has 1 aliphatic carbocycles. The average Bonchev–Trinajstić information content (AvgIpc) is 2.47. The smallest absolute Gasteiger partial charge is 0.207 e. The van der Waals surface area contributed by atoms with Crippen LogP contribution in [0.1, 0.15) is 43.7 Å². The molecule has 1 aliphatic rings. The summed E-state index contributed by atoms with van der Waals surface area (Å²) < 4.78 is 27.1. The van der Waals surface area contributed by atoms with Crippen molar-refractivity contribution in [2.45, 2.75) is 56.3 Å². The molecule has 0 aliphatic heterocycles. The van der Waals surface area contributed by atoms with Crippen LogP contribution in [0, 0.1) is 12.8 Å². The number of hydrogen-bond acceptors (Lipinski definition) is 2. The largest absolute Gasteiger partial charge is 0.243 e. The summed E-state index contributed by atoms with van der Waals surface area (Å²) in [5, 5.41) is 0. The van der Waals surface area contributed by atoms with Crippen LogP contribution in [-0.4, -0.2) is 25.8 Å². The van der Waals surface area contributed by atoms with Crippen LogP contribution in [0.2, 0.25) is 0 Å². The van der Waals surface area contributed by atoms with Crippen LogP contribution in [0.5, 0.6) is 0 Å². The molecule has 0 N–H and O–H groups in total. The Labute approximate surface area is 133 Å². The molecule has 0 atom stereocenters. The second kappa shape index (κ2) is 6.67. The van der Waals surface area contributed by atoms with E-state index < -0.39 is 10.0 Å². The summed E-state index contributed by atoms with van der Waals surface area (Å²) in [5.74, 6) is 1.04. The van der Waals surface area contributed by atoms with Crippen LogP contribution in [0.3, 0.4) is 0 Å². The zero-order chi connectivity index (χ0) is 15.6. The summed E-state index contributed by atoms with van der Waals surface area (Å²) in [6.07, 6.45) is 4.10. The van der Waals surface area contributed by atoms with Crippen LogP contribution >= 0.6 is 11.6 Å². The maximum atomic E-state index is 12.8. The number of hydrogen-bond donors (Lipinski definition) is 0. The molecular formula is C16H24ClNO2S. The van der Waals surface area contributed by atoms with E-state index in [1.165, 1.54) is 0 Å². The molecule has 0 heterocycles. The number of alkyl halides is 1. The average molecular weight is 330 g/mol. The molecule has 118 valence electrons. The van der Waals surface area contributed by atoms with Crippen molar-refractivity contribution >= 4 is 21.6 Å². The van der Waals surface area contributed by atoms with Crippen molar-refractivity contribution in [3.63, 3.8) is 0 Å². The summed E-state index contributed by atoms with van der Waals surface area (Å²) in [5.41, 5.74) is 1.90. The number of rotatable bonds is 4. The lowest BCUT2D eigenvalue weighted by molar-refractivity contribution is 0.246. The molecule has 0 unspecified atom stereocenters. The van der Waals surface area contributed by atoms with E-state index in [4.69, 9.17) is 11.6 Å². The normalized spacial score (nSPS) is 23.5. The topological polar surface area (TPSA) is 37.4 Å². The van der Waals surface area contributed by atoms with Crippen molar-refractivity contribution in [3.05, 3.63) is 29.3 Å². The Bertz CT molecular complexity index is 592. The van der Waals surface area contributed by atoms with E-state index in [1.54, 1.807) is 23.5 Å². The minimum atomic E-state index is -3.43. The van der Waals surface area contributed by atoms with Gasteiger partial charge in [0.15, 0.2) is 0 Å². The molecule has 0 amide bonds. The summed E-state index contributed by atoms with van der Waals surface area (Å²) in [6, 6.07) is 5.34. The molecule has 1 aromatic carbocycles. The minimum Gasteiger partial charge on any atom is -0.207 e. The number of halogens is 1. The van der Waals surface area contributed by atoms with E-state index in [9.17, 15) is 8.42 Å². The van der Waals surface area contributed by atoms with Crippen molar-refractivity contribution in [1.82, 2.24) is 4.31 Å².